The first kappa shape index (κ1) is 15.3. The fourth-order valence-electron chi connectivity index (χ4n) is 2.47. The maximum absolute atomic E-state index is 12.0. The Morgan fingerprint density at radius 2 is 2.05 bits per heavy atom. The lowest BCUT2D eigenvalue weighted by molar-refractivity contribution is -0.119. The van der Waals surface area contributed by atoms with Gasteiger partial charge in [0.2, 0.25) is 5.91 Å². The minimum Gasteiger partial charge on any atom is -0.343 e. The highest BCUT2D eigenvalue weighted by Gasteiger charge is 2.48. The Bertz CT molecular complexity index is 671. The molecule has 0 spiro atoms. The van der Waals surface area contributed by atoms with Crippen molar-refractivity contribution >= 4 is 21.8 Å². The molecule has 0 bridgehead atoms. The predicted molar refractivity (Wildman–Crippen MR) is 89.9 cm³/mol. The van der Waals surface area contributed by atoms with Crippen molar-refractivity contribution in [3.8, 4) is 11.3 Å². The lowest BCUT2D eigenvalue weighted by Gasteiger charge is -2.15. The fourth-order valence-corrected chi connectivity index (χ4v) is 2.73. The number of aromatic nitrogens is 2. The van der Waals surface area contributed by atoms with Gasteiger partial charge in [-0.3, -0.25) is 4.79 Å². The molecule has 2 N–H and O–H groups in total. The summed E-state index contributed by atoms with van der Waals surface area (Å²) in [4.78, 5) is 19.8. The molecular weight excluding hydrogens is 342 g/mol. The second-order valence-electron chi connectivity index (χ2n) is 6.13. The number of amides is 1. The van der Waals surface area contributed by atoms with Crippen LogP contribution in [0.4, 0.5) is 0 Å². The van der Waals surface area contributed by atoms with Crippen molar-refractivity contribution in [1.29, 1.82) is 0 Å². The monoisotopic (exact) mass is 360 g/mol. The standard InChI is InChI=1S/C17H19BrN3O/c1-11(2)9-15(22)21-17(7-8-17)16-19-10-14(20-16)12-3-5-13(18)6-4-12/h3-6,9-11H,7-8H2,1-2H3,(H,19,20)(H,21,22). The number of hydrogen-bond acceptors (Lipinski definition) is 2. The van der Waals surface area contributed by atoms with Crippen molar-refractivity contribution in [2.45, 2.75) is 32.2 Å². The molecular formula is C17H19BrN3O. The van der Waals surface area contributed by atoms with Gasteiger partial charge in [-0.05, 0) is 36.5 Å². The highest BCUT2D eigenvalue weighted by atomic mass is 79.9. The highest BCUT2D eigenvalue weighted by Crippen LogP contribution is 2.44. The van der Waals surface area contributed by atoms with Crippen molar-refractivity contribution in [2.24, 2.45) is 5.92 Å². The second kappa shape index (κ2) is 5.88. The van der Waals surface area contributed by atoms with Gasteiger partial charge < -0.3 is 10.3 Å². The van der Waals surface area contributed by atoms with E-state index in [1.165, 1.54) is 0 Å². The maximum atomic E-state index is 12.0. The van der Waals surface area contributed by atoms with E-state index in [-0.39, 0.29) is 17.4 Å². The molecule has 3 rings (SSSR count). The zero-order valence-electron chi connectivity index (χ0n) is 12.7. The number of hydrogen-bond donors (Lipinski definition) is 2. The highest BCUT2D eigenvalue weighted by molar-refractivity contribution is 9.10. The van der Waals surface area contributed by atoms with Gasteiger partial charge in [0.05, 0.1) is 23.9 Å². The predicted octanol–water partition coefficient (Wildman–Crippen LogP) is 3.80. The molecule has 4 nitrogen and oxygen atoms in total. The van der Waals surface area contributed by atoms with E-state index >= 15 is 0 Å². The van der Waals surface area contributed by atoms with E-state index < -0.39 is 0 Å². The largest absolute Gasteiger partial charge is 0.343 e. The molecule has 1 amide bonds. The smallest absolute Gasteiger partial charge is 0.224 e. The Kier molecular flexibility index (Phi) is 4.08. The van der Waals surface area contributed by atoms with Crippen LogP contribution in [-0.2, 0) is 10.3 Å². The quantitative estimate of drug-likeness (QED) is 0.851. The molecule has 1 aliphatic carbocycles. The number of nitrogens with one attached hydrogen (secondary N) is 2. The van der Waals surface area contributed by atoms with Crippen LogP contribution in [0.3, 0.4) is 0 Å². The first-order chi connectivity index (χ1) is 10.5. The van der Waals surface area contributed by atoms with E-state index in [1.807, 2.05) is 44.3 Å². The first-order valence-electron chi connectivity index (χ1n) is 7.47. The van der Waals surface area contributed by atoms with Gasteiger partial charge >= 0.3 is 0 Å². The van der Waals surface area contributed by atoms with Crippen LogP contribution < -0.4 is 5.32 Å². The van der Waals surface area contributed by atoms with Gasteiger partial charge in [0, 0.05) is 4.47 Å². The maximum Gasteiger partial charge on any atom is 0.224 e. The normalized spacial score (nSPS) is 15.8. The van der Waals surface area contributed by atoms with Crippen LogP contribution in [0.5, 0.6) is 0 Å². The average Bonchev–Trinajstić information content (AvgIpc) is 3.05. The van der Waals surface area contributed by atoms with Gasteiger partial charge in [0.1, 0.15) is 5.82 Å². The Labute approximate surface area is 138 Å². The molecule has 5 heteroatoms. The molecule has 1 radical (unpaired) electrons. The summed E-state index contributed by atoms with van der Waals surface area (Å²) in [5.41, 5.74) is 1.74. The van der Waals surface area contributed by atoms with Crippen molar-refractivity contribution in [3.63, 3.8) is 0 Å². The van der Waals surface area contributed by atoms with Crippen molar-refractivity contribution < 1.29 is 4.79 Å². The number of halogens is 1. The number of benzene rings is 1. The summed E-state index contributed by atoms with van der Waals surface area (Å²) < 4.78 is 1.05. The number of imidazole rings is 1. The molecule has 2 aromatic rings. The summed E-state index contributed by atoms with van der Waals surface area (Å²) in [7, 11) is 0. The molecule has 1 heterocycles. The van der Waals surface area contributed by atoms with Crippen molar-refractivity contribution in [2.75, 3.05) is 0 Å². The first-order valence-corrected chi connectivity index (χ1v) is 8.26. The summed E-state index contributed by atoms with van der Waals surface area (Å²) >= 11 is 3.43. The van der Waals surface area contributed by atoms with Gasteiger partial charge in [0.15, 0.2) is 0 Å². The minimum absolute atomic E-state index is 0.0194. The third-order valence-corrected chi connectivity index (χ3v) is 4.31. The molecule has 1 aromatic carbocycles. The number of rotatable bonds is 5. The third kappa shape index (κ3) is 3.24. The van der Waals surface area contributed by atoms with E-state index in [2.05, 4.69) is 31.2 Å². The van der Waals surface area contributed by atoms with Crippen LogP contribution in [0, 0.1) is 12.3 Å². The summed E-state index contributed by atoms with van der Waals surface area (Å²) in [6.45, 7) is 4.00. The number of aromatic amines is 1. The van der Waals surface area contributed by atoms with Crippen LogP contribution in [0.2, 0.25) is 0 Å². The lowest BCUT2D eigenvalue weighted by Crippen LogP contribution is -2.36. The Hall–Kier alpha value is -1.62. The molecule has 1 aliphatic rings. The SMILES string of the molecule is CC(C)[CH]C(=O)NC1(c2ncc(-c3ccc(Br)cc3)[nH]2)CC1. The van der Waals surface area contributed by atoms with E-state index in [0.717, 1.165) is 34.4 Å². The molecule has 0 atom stereocenters. The van der Waals surface area contributed by atoms with Gasteiger partial charge in [-0.25, -0.2) is 4.98 Å². The van der Waals surface area contributed by atoms with Crippen LogP contribution in [0.25, 0.3) is 11.3 Å². The van der Waals surface area contributed by atoms with Crippen LogP contribution in [-0.4, -0.2) is 15.9 Å². The summed E-state index contributed by atoms with van der Waals surface area (Å²) in [6.07, 6.45) is 5.39. The van der Waals surface area contributed by atoms with E-state index in [4.69, 9.17) is 0 Å². The number of carbonyl (C=O) groups is 1. The molecule has 1 aromatic heterocycles. The van der Waals surface area contributed by atoms with Crippen molar-refractivity contribution in [1.82, 2.24) is 15.3 Å². The van der Waals surface area contributed by atoms with E-state index in [1.54, 1.807) is 6.42 Å². The zero-order valence-corrected chi connectivity index (χ0v) is 14.3. The second-order valence-corrected chi connectivity index (χ2v) is 7.05. The average molecular weight is 361 g/mol. The van der Waals surface area contributed by atoms with Gasteiger partial charge in [0.25, 0.3) is 0 Å². The van der Waals surface area contributed by atoms with Crippen LogP contribution in [0.15, 0.2) is 34.9 Å². The topological polar surface area (TPSA) is 57.8 Å². The molecule has 1 fully saturated rings. The molecule has 22 heavy (non-hydrogen) atoms. The van der Waals surface area contributed by atoms with Crippen LogP contribution in [0.1, 0.15) is 32.5 Å². The van der Waals surface area contributed by atoms with Gasteiger partial charge in [-0.2, -0.15) is 0 Å². The Morgan fingerprint density at radius 3 is 2.64 bits per heavy atom. The van der Waals surface area contributed by atoms with E-state index in [9.17, 15) is 4.79 Å². The zero-order chi connectivity index (χ0) is 15.7. The minimum atomic E-state index is -0.309. The molecule has 115 valence electrons. The van der Waals surface area contributed by atoms with Gasteiger partial charge in [-0.1, -0.05) is 41.9 Å². The summed E-state index contributed by atoms with van der Waals surface area (Å²) in [6, 6.07) is 8.07. The summed E-state index contributed by atoms with van der Waals surface area (Å²) in [5, 5.41) is 3.09. The van der Waals surface area contributed by atoms with E-state index in [0.29, 0.717) is 0 Å². The van der Waals surface area contributed by atoms with Gasteiger partial charge in [-0.15, -0.1) is 0 Å². The van der Waals surface area contributed by atoms with Crippen LogP contribution >= 0.6 is 15.9 Å². The third-order valence-electron chi connectivity index (χ3n) is 3.78. The molecule has 1 saturated carbocycles. The molecule has 0 saturated heterocycles. The fraction of sp³-hybridized carbons (Fsp3) is 0.353. The molecule has 0 aliphatic heterocycles. The van der Waals surface area contributed by atoms with Crippen molar-refractivity contribution in [3.05, 3.63) is 47.2 Å². The Balaban J connectivity index is 1.76. The Morgan fingerprint density at radius 1 is 1.36 bits per heavy atom. The number of H-pyrrole nitrogens is 1. The lowest BCUT2D eigenvalue weighted by atomic mass is 10.1. The summed E-state index contributed by atoms with van der Waals surface area (Å²) in [5.74, 6) is 1.07. The number of nitrogens with zero attached hydrogens (tertiary/aromatic N) is 1. The molecule has 0 unspecified atom stereocenters. The number of carbonyl (C=O) groups excluding carboxylic acids is 1.